The highest BCUT2D eigenvalue weighted by Crippen LogP contribution is 2.15. The summed E-state index contributed by atoms with van der Waals surface area (Å²) in [5, 5.41) is 24.9. The number of carboxylic acid groups (broad SMARTS) is 1. The maximum absolute atomic E-state index is 13.4. The lowest BCUT2D eigenvalue weighted by Gasteiger charge is -2.38. The summed E-state index contributed by atoms with van der Waals surface area (Å²) in [6, 6.07) is 7.22. The molecule has 0 aromatic heterocycles. The molecule has 5 atom stereocenters. The van der Waals surface area contributed by atoms with Crippen LogP contribution in [0.4, 0.5) is 0 Å². The van der Waals surface area contributed by atoms with E-state index in [9.17, 15) is 29.1 Å². The molecule has 2 heterocycles. The van der Waals surface area contributed by atoms with Gasteiger partial charge in [-0.15, -0.1) is 0 Å². The van der Waals surface area contributed by atoms with Crippen molar-refractivity contribution in [2.75, 3.05) is 33.2 Å². The molecule has 2 bridgehead atoms. The number of carbonyl (C=O) groups excluding carboxylic acids is 5. The van der Waals surface area contributed by atoms with Crippen molar-refractivity contribution in [1.29, 1.82) is 0 Å². The number of morpholine rings is 1. The molecule has 1 aromatic carbocycles. The van der Waals surface area contributed by atoms with Crippen molar-refractivity contribution in [3.63, 3.8) is 0 Å². The predicted molar refractivity (Wildman–Crippen MR) is 145 cm³/mol. The summed E-state index contributed by atoms with van der Waals surface area (Å²) in [7, 11) is 1.45. The van der Waals surface area contributed by atoms with E-state index in [1.165, 1.54) is 23.8 Å². The van der Waals surface area contributed by atoms with Crippen LogP contribution in [0.3, 0.4) is 0 Å². The second kappa shape index (κ2) is 15.7. The number of nitrogens with one attached hydrogen (secondary N) is 3. The number of hydrogen-bond acceptors (Lipinski definition) is 8. The Balaban J connectivity index is 0.00000187. The minimum absolute atomic E-state index is 0.0302. The lowest BCUT2D eigenvalue weighted by atomic mass is 10.0. The number of likely N-dealkylation sites (N-methyl/N-ethyl adjacent to an activating group) is 1. The number of aliphatic hydroxyl groups is 1. The maximum Gasteiger partial charge on any atom is 0.290 e. The van der Waals surface area contributed by atoms with E-state index in [-0.39, 0.29) is 45.0 Å². The van der Waals surface area contributed by atoms with Crippen LogP contribution in [0.2, 0.25) is 0 Å². The molecule has 14 nitrogen and oxygen atoms in total. The van der Waals surface area contributed by atoms with Crippen molar-refractivity contribution < 1.29 is 43.7 Å². The fraction of sp³-hybridized carbons (Fsp3) is 0.556. The third kappa shape index (κ3) is 9.83. The Morgan fingerprint density at radius 2 is 1.71 bits per heavy atom. The molecule has 0 radical (unpaired) electrons. The fourth-order valence-corrected chi connectivity index (χ4v) is 4.49. The van der Waals surface area contributed by atoms with E-state index in [2.05, 4.69) is 16.0 Å². The van der Waals surface area contributed by atoms with Crippen LogP contribution in [0.1, 0.15) is 26.3 Å². The van der Waals surface area contributed by atoms with Crippen LogP contribution in [-0.4, -0.2) is 120 Å². The molecule has 0 aliphatic carbocycles. The number of rotatable bonds is 4. The van der Waals surface area contributed by atoms with Crippen LogP contribution in [0, 0.1) is 5.92 Å². The molecule has 0 unspecified atom stereocenters. The van der Waals surface area contributed by atoms with Crippen LogP contribution in [0.25, 0.3) is 0 Å². The highest BCUT2D eigenvalue weighted by atomic mass is 16.5. The Morgan fingerprint density at radius 1 is 1.07 bits per heavy atom. The molecule has 2 fully saturated rings. The smallest absolute Gasteiger partial charge is 0.290 e. The Kier molecular flexibility index (Phi) is 12.7. The van der Waals surface area contributed by atoms with E-state index in [1.807, 2.05) is 30.3 Å². The third-order valence-corrected chi connectivity index (χ3v) is 6.55. The van der Waals surface area contributed by atoms with Gasteiger partial charge in [-0.1, -0.05) is 44.2 Å². The highest BCUT2D eigenvalue weighted by molar-refractivity contribution is 5.93. The standard InChI is InChI=1S/C26H37N5O7.CH2O2/c1-15(2)22-24(35)27-11-18-12-31(25(36)16(3)32)13-20(38-18)23(34)28-19(10-17-8-6-5-7-9-17)26(37)30(4)14-21(33)29-22;2-1-3/h5-9,15-16,18-20,22,32H,10-14H2,1-4H3,(H,27,35)(H,28,34)(H,29,33);1H,(H,2,3)/t16-,18-,19+,20+,22-;/m0./s1. The van der Waals surface area contributed by atoms with E-state index in [4.69, 9.17) is 14.6 Å². The number of hydrogen-bond donors (Lipinski definition) is 5. The topological polar surface area (TPSA) is 195 Å². The first-order chi connectivity index (χ1) is 19.4. The minimum atomic E-state index is -1.29. The van der Waals surface area contributed by atoms with Gasteiger partial charge in [0.05, 0.1) is 19.2 Å². The molecule has 14 heteroatoms. The second-order valence-electron chi connectivity index (χ2n) is 10.3. The first kappa shape index (κ1) is 33.2. The van der Waals surface area contributed by atoms with Gasteiger partial charge in [0, 0.05) is 26.6 Å². The van der Waals surface area contributed by atoms with Crippen LogP contribution in [-0.2, 0) is 39.9 Å². The number of amides is 5. The minimum Gasteiger partial charge on any atom is -0.483 e. The predicted octanol–water partition coefficient (Wildman–Crippen LogP) is -1.88. The van der Waals surface area contributed by atoms with Gasteiger partial charge in [-0.25, -0.2) is 0 Å². The zero-order chi connectivity index (χ0) is 30.7. The van der Waals surface area contributed by atoms with Crippen molar-refractivity contribution in [1.82, 2.24) is 25.8 Å². The van der Waals surface area contributed by atoms with Gasteiger partial charge in [0.25, 0.3) is 18.3 Å². The van der Waals surface area contributed by atoms with Crippen molar-refractivity contribution in [3.05, 3.63) is 35.9 Å². The fourth-order valence-electron chi connectivity index (χ4n) is 4.49. The summed E-state index contributed by atoms with van der Waals surface area (Å²) < 4.78 is 5.95. The second-order valence-corrected chi connectivity index (χ2v) is 10.3. The van der Waals surface area contributed by atoms with Gasteiger partial charge >= 0.3 is 0 Å². The summed E-state index contributed by atoms with van der Waals surface area (Å²) in [6.07, 6.45) is -3.03. The number of fused-ring (bicyclic) bond motifs is 2. The molecule has 226 valence electrons. The SMILES string of the molecule is CC(C)[C@@H]1NC(=O)CN(C)C(=O)[C@@H](Cc2ccccc2)NC(=O)[C@H]2CN(C(=O)[C@H](C)O)C[C@H](CNC1=O)O2.O=CO. The summed E-state index contributed by atoms with van der Waals surface area (Å²) >= 11 is 0. The van der Waals surface area contributed by atoms with Gasteiger partial charge in [-0.3, -0.25) is 28.8 Å². The molecule has 0 spiro atoms. The van der Waals surface area contributed by atoms with Crippen molar-refractivity contribution >= 4 is 36.0 Å². The lowest BCUT2D eigenvalue weighted by Crippen LogP contribution is -2.60. The third-order valence-electron chi connectivity index (χ3n) is 6.55. The highest BCUT2D eigenvalue weighted by Gasteiger charge is 2.38. The average molecular weight is 578 g/mol. The summed E-state index contributed by atoms with van der Waals surface area (Å²) in [4.78, 5) is 75.9. The van der Waals surface area contributed by atoms with Crippen molar-refractivity contribution in [3.8, 4) is 0 Å². The largest absolute Gasteiger partial charge is 0.483 e. The normalized spacial score (nSPS) is 24.9. The monoisotopic (exact) mass is 577 g/mol. The van der Waals surface area contributed by atoms with Gasteiger partial charge in [0.2, 0.25) is 17.7 Å². The van der Waals surface area contributed by atoms with E-state index < -0.39 is 59.9 Å². The molecule has 3 rings (SSSR count). The molecule has 0 saturated carbocycles. The first-order valence-corrected chi connectivity index (χ1v) is 13.2. The molecule has 1 aromatic rings. The first-order valence-electron chi connectivity index (χ1n) is 13.2. The van der Waals surface area contributed by atoms with E-state index in [1.54, 1.807) is 13.8 Å². The quantitative estimate of drug-likeness (QED) is 0.255. The van der Waals surface area contributed by atoms with Crippen LogP contribution < -0.4 is 16.0 Å². The summed E-state index contributed by atoms with van der Waals surface area (Å²) in [5.41, 5.74) is 0.796. The van der Waals surface area contributed by atoms with Crippen molar-refractivity contribution in [2.24, 2.45) is 5.92 Å². The van der Waals surface area contributed by atoms with Gasteiger partial charge in [-0.05, 0) is 18.4 Å². The molecule has 5 N–H and O–H groups in total. The van der Waals surface area contributed by atoms with Gasteiger partial charge < -0.3 is 40.7 Å². The molecule has 2 saturated heterocycles. The number of ether oxygens (including phenoxy) is 1. The van der Waals surface area contributed by atoms with Crippen molar-refractivity contribution in [2.45, 2.75) is 57.6 Å². The number of aliphatic hydroxyl groups excluding tert-OH is 1. The maximum atomic E-state index is 13.4. The van der Waals surface area contributed by atoms with Gasteiger partial charge in [-0.2, -0.15) is 0 Å². The zero-order valence-electron chi connectivity index (χ0n) is 23.6. The average Bonchev–Trinajstić information content (AvgIpc) is 2.93. The summed E-state index contributed by atoms with van der Waals surface area (Å²) in [5.74, 6) is -2.92. The molecule has 2 aliphatic heterocycles. The lowest BCUT2D eigenvalue weighted by molar-refractivity contribution is -0.161. The Bertz CT molecular complexity index is 1080. The van der Waals surface area contributed by atoms with E-state index in [0.29, 0.717) is 0 Å². The zero-order valence-corrected chi connectivity index (χ0v) is 23.6. The number of nitrogens with zero attached hydrogens (tertiary/aromatic N) is 2. The molecule has 5 amide bonds. The molecular formula is C27H39N5O9. The molecule has 41 heavy (non-hydrogen) atoms. The number of carbonyl (C=O) groups is 6. The number of benzene rings is 1. The van der Waals surface area contributed by atoms with Crippen LogP contribution in [0.15, 0.2) is 30.3 Å². The Morgan fingerprint density at radius 3 is 2.29 bits per heavy atom. The van der Waals surface area contributed by atoms with Crippen LogP contribution in [0.5, 0.6) is 0 Å². The summed E-state index contributed by atoms with van der Waals surface area (Å²) in [6.45, 7) is 4.22. The van der Waals surface area contributed by atoms with E-state index in [0.717, 1.165) is 5.56 Å². The van der Waals surface area contributed by atoms with Gasteiger partial charge in [0.1, 0.15) is 18.2 Å². The molecule has 2 aliphatic rings. The Labute approximate surface area is 238 Å². The molecular weight excluding hydrogens is 538 g/mol. The van der Waals surface area contributed by atoms with Gasteiger partial charge in [0.15, 0.2) is 6.10 Å². The van der Waals surface area contributed by atoms with Crippen LogP contribution >= 0.6 is 0 Å². The van der Waals surface area contributed by atoms with E-state index >= 15 is 0 Å². The Hall–Kier alpha value is -4.04.